The van der Waals surface area contributed by atoms with Gasteiger partial charge in [0.05, 0.1) is 5.52 Å². The zero-order chi connectivity index (χ0) is 20.1. The van der Waals surface area contributed by atoms with Gasteiger partial charge in [-0.25, -0.2) is 0 Å². The number of unbranched alkanes of at least 4 members (excludes halogenated alkanes) is 1. The lowest BCUT2D eigenvalue weighted by Gasteiger charge is -2.15. The Morgan fingerprint density at radius 1 is 1.03 bits per heavy atom. The fraction of sp³-hybridized carbons (Fsp3) is 0.250. The lowest BCUT2D eigenvalue weighted by Crippen LogP contribution is -2.03. The first-order valence-corrected chi connectivity index (χ1v) is 10.0. The minimum absolute atomic E-state index is 0.348. The molecule has 1 atom stereocenters. The van der Waals surface area contributed by atoms with Crippen molar-refractivity contribution < 1.29 is 9.21 Å². The Labute approximate surface area is 169 Å². The molecule has 0 radical (unpaired) electrons. The first-order valence-electron chi connectivity index (χ1n) is 10.0. The largest absolute Gasteiger partial charge is 0.421 e. The molecule has 2 aromatic carbocycles. The van der Waals surface area contributed by atoms with Crippen LogP contribution < -0.4 is 0 Å². The summed E-state index contributed by atoms with van der Waals surface area (Å²) in [6.45, 7) is 2.20. The second-order valence-electron chi connectivity index (χ2n) is 7.17. The number of aromatic nitrogens is 3. The van der Waals surface area contributed by atoms with Crippen LogP contribution in [0, 0.1) is 0 Å². The predicted octanol–water partition coefficient (Wildman–Crippen LogP) is 5.61. The van der Waals surface area contributed by atoms with E-state index < -0.39 is 0 Å². The van der Waals surface area contributed by atoms with Crippen LogP contribution in [0.25, 0.3) is 22.4 Å². The number of hydrogen-bond acceptors (Lipinski definition) is 5. The maximum Gasteiger partial charge on any atom is 0.248 e. The molecule has 2 heterocycles. The van der Waals surface area contributed by atoms with Crippen LogP contribution in [-0.2, 0) is 6.42 Å². The minimum Gasteiger partial charge on any atom is -0.421 e. The number of pyridine rings is 1. The number of nitrogens with zero attached hydrogens (tertiary/aromatic N) is 3. The van der Waals surface area contributed by atoms with Crippen molar-refractivity contribution in [2.24, 2.45) is 0 Å². The summed E-state index contributed by atoms with van der Waals surface area (Å²) in [5.41, 5.74) is 3.28. The van der Waals surface area contributed by atoms with Crippen molar-refractivity contribution in [2.75, 3.05) is 0 Å². The van der Waals surface area contributed by atoms with Crippen LogP contribution in [0.5, 0.6) is 0 Å². The number of aldehydes is 1. The Bertz CT molecular complexity index is 1110. The Kier molecular flexibility index (Phi) is 5.75. The third kappa shape index (κ3) is 4.09. The van der Waals surface area contributed by atoms with E-state index in [1.165, 1.54) is 5.56 Å². The van der Waals surface area contributed by atoms with Gasteiger partial charge in [0.1, 0.15) is 0 Å². The molecule has 0 bridgehead atoms. The monoisotopic (exact) mass is 385 g/mol. The zero-order valence-corrected chi connectivity index (χ0v) is 16.4. The van der Waals surface area contributed by atoms with Gasteiger partial charge in [0.15, 0.2) is 6.29 Å². The Balaban J connectivity index is 1.64. The van der Waals surface area contributed by atoms with E-state index in [0.717, 1.165) is 36.5 Å². The van der Waals surface area contributed by atoms with E-state index in [-0.39, 0.29) is 0 Å². The predicted molar refractivity (Wildman–Crippen MR) is 113 cm³/mol. The summed E-state index contributed by atoms with van der Waals surface area (Å²) in [6.07, 6.45) is 6.59. The van der Waals surface area contributed by atoms with Crippen molar-refractivity contribution >= 4 is 17.2 Å². The number of carbonyl (C=O) groups is 1. The Hall–Kier alpha value is -3.34. The van der Waals surface area contributed by atoms with Crippen molar-refractivity contribution in [2.45, 2.75) is 38.5 Å². The van der Waals surface area contributed by atoms with Crippen molar-refractivity contribution in [3.05, 3.63) is 77.8 Å². The summed E-state index contributed by atoms with van der Waals surface area (Å²) in [4.78, 5) is 15.7. The highest BCUT2D eigenvalue weighted by molar-refractivity contribution is 6.01. The average molecular weight is 385 g/mol. The number of hydrogen-bond donors (Lipinski definition) is 0. The molecule has 0 aliphatic carbocycles. The molecular formula is C24H23N3O2. The highest BCUT2D eigenvalue weighted by atomic mass is 16.4. The van der Waals surface area contributed by atoms with Crippen LogP contribution in [0.3, 0.4) is 0 Å². The first-order chi connectivity index (χ1) is 14.3. The van der Waals surface area contributed by atoms with E-state index in [2.05, 4.69) is 46.4 Å². The van der Waals surface area contributed by atoms with E-state index in [4.69, 9.17) is 4.42 Å². The molecule has 0 aliphatic heterocycles. The van der Waals surface area contributed by atoms with Gasteiger partial charge in [0, 0.05) is 29.1 Å². The smallest absolute Gasteiger partial charge is 0.248 e. The number of fused-ring (bicyclic) bond motifs is 1. The van der Waals surface area contributed by atoms with Gasteiger partial charge in [0.25, 0.3) is 0 Å². The number of rotatable bonds is 8. The van der Waals surface area contributed by atoms with Gasteiger partial charge in [-0.15, -0.1) is 10.2 Å². The molecule has 0 saturated heterocycles. The fourth-order valence-corrected chi connectivity index (χ4v) is 3.69. The molecule has 0 saturated carbocycles. The van der Waals surface area contributed by atoms with E-state index in [1.54, 1.807) is 12.3 Å². The molecule has 0 spiro atoms. The summed E-state index contributed by atoms with van der Waals surface area (Å²) in [5.74, 6) is 1.43. The van der Waals surface area contributed by atoms with Crippen LogP contribution in [-0.4, -0.2) is 21.5 Å². The number of carbonyl (C=O) groups excluding carboxylic acids is 1. The lowest BCUT2D eigenvalue weighted by atomic mass is 9.91. The van der Waals surface area contributed by atoms with Crippen molar-refractivity contribution in [3.63, 3.8) is 0 Å². The van der Waals surface area contributed by atoms with Gasteiger partial charge in [-0.3, -0.25) is 9.78 Å². The highest BCUT2D eigenvalue weighted by Gasteiger charge is 2.18. The quantitative estimate of drug-likeness (QED) is 0.369. The van der Waals surface area contributed by atoms with Gasteiger partial charge in [-0.1, -0.05) is 56.2 Å². The summed E-state index contributed by atoms with van der Waals surface area (Å²) in [6, 6.07) is 17.8. The molecular weight excluding hydrogens is 362 g/mol. The van der Waals surface area contributed by atoms with Crippen molar-refractivity contribution in [3.8, 4) is 11.5 Å². The van der Waals surface area contributed by atoms with Crippen LogP contribution in [0.4, 0.5) is 0 Å². The summed E-state index contributed by atoms with van der Waals surface area (Å²) in [7, 11) is 0. The molecule has 146 valence electrons. The van der Waals surface area contributed by atoms with E-state index in [1.807, 2.05) is 24.3 Å². The molecule has 0 unspecified atom stereocenters. The van der Waals surface area contributed by atoms with Crippen molar-refractivity contribution in [1.29, 1.82) is 0 Å². The third-order valence-electron chi connectivity index (χ3n) is 5.22. The highest BCUT2D eigenvalue weighted by Crippen LogP contribution is 2.30. The SMILES string of the molecule is CCCC[C@@H](Cc1nnc(-c2ccc(C=O)c3ncccc23)o1)c1ccccc1. The fourth-order valence-electron chi connectivity index (χ4n) is 3.69. The molecule has 0 amide bonds. The van der Waals surface area contributed by atoms with Gasteiger partial charge in [0.2, 0.25) is 11.8 Å². The topological polar surface area (TPSA) is 68.9 Å². The summed E-state index contributed by atoms with van der Waals surface area (Å²) < 4.78 is 6.04. The molecule has 2 aromatic heterocycles. The molecule has 5 nitrogen and oxygen atoms in total. The minimum atomic E-state index is 0.348. The average Bonchev–Trinajstić information content (AvgIpc) is 3.24. The maximum absolute atomic E-state index is 11.3. The molecule has 0 fully saturated rings. The molecule has 4 aromatic rings. The van der Waals surface area contributed by atoms with Crippen LogP contribution >= 0.6 is 0 Å². The molecule has 29 heavy (non-hydrogen) atoms. The molecule has 4 rings (SSSR count). The second-order valence-corrected chi connectivity index (χ2v) is 7.17. The Morgan fingerprint density at radius 2 is 1.90 bits per heavy atom. The zero-order valence-electron chi connectivity index (χ0n) is 16.4. The molecule has 5 heteroatoms. The van der Waals surface area contributed by atoms with E-state index in [9.17, 15) is 4.79 Å². The normalized spacial score (nSPS) is 12.2. The van der Waals surface area contributed by atoms with Gasteiger partial charge in [-0.2, -0.15) is 0 Å². The van der Waals surface area contributed by atoms with Gasteiger partial charge in [-0.05, 0) is 36.1 Å². The number of benzene rings is 2. The van der Waals surface area contributed by atoms with Crippen LogP contribution in [0.1, 0.15) is 53.9 Å². The molecule has 0 aliphatic rings. The summed E-state index contributed by atoms with van der Waals surface area (Å²) >= 11 is 0. The van der Waals surface area contributed by atoms with Gasteiger partial charge < -0.3 is 4.42 Å². The Morgan fingerprint density at radius 3 is 2.69 bits per heavy atom. The summed E-state index contributed by atoms with van der Waals surface area (Å²) in [5, 5.41) is 9.43. The third-order valence-corrected chi connectivity index (χ3v) is 5.22. The maximum atomic E-state index is 11.3. The van der Waals surface area contributed by atoms with Crippen molar-refractivity contribution in [1.82, 2.24) is 15.2 Å². The lowest BCUT2D eigenvalue weighted by molar-refractivity contribution is 0.112. The standard InChI is InChI=1S/C24H23N3O2/c1-2-3-8-18(17-9-5-4-6-10-17)15-22-26-27-24(29-22)21-13-12-19(16-28)23-20(21)11-7-14-25-23/h4-7,9-14,16,18H,2-3,8,15H2,1H3/t18-/m0/s1. The van der Waals surface area contributed by atoms with E-state index >= 15 is 0 Å². The van der Waals surface area contributed by atoms with Crippen LogP contribution in [0.2, 0.25) is 0 Å². The molecule has 0 N–H and O–H groups in total. The van der Waals surface area contributed by atoms with Gasteiger partial charge >= 0.3 is 0 Å². The van der Waals surface area contributed by atoms with Crippen LogP contribution in [0.15, 0.2) is 65.2 Å². The second kappa shape index (κ2) is 8.78. The van der Waals surface area contributed by atoms with E-state index in [0.29, 0.717) is 35.2 Å². The first kappa shape index (κ1) is 19.0.